The molecule has 4 aromatic rings. The first-order valence-electron chi connectivity index (χ1n) is 8.91. The van der Waals surface area contributed by atoms with Crippen LogP contribution in [0.5, 0.6) is 0 Å². The van der Waals surface area contributed by atoms with Gasteiger partial charge in [-0.2, -0.15) is 0 Å². The van der Waals surface area contributed by atoms with E-state index in [4.69, 9.17) is 0 Å². The Morgan fingerprint density at radius 1 is 0.464 bits per heavy atom. The molecule has 0 unspecified atom stereocenters. The van der Waals surface area contributed by atoms with Gasteiger partial charge in [-0.3, -0.25) is 0 Å². The van der Waals surface area contributed by atoms with Crippen LogP contribution in [0, 0.1) is 11.6 Å². The first-order chi connectivity index (χ1) is 13.6. The molecule has 4 aromatic carbocycles. The molecule has 28 heavy (non-hydrogen) atoms. The van der Waals surface area contributed by atoms with Gasteiger partial charge >= 0.3 is 172 Å². The van der Waals surface area contributed by atoms with Gasteiger partial charge in [0, 0.05) is 0 Å². The second-order valence-electron chi connectivity index (χ2n) is 6.61. The zero-order valence-corrected chi connectivity index (χ0v) is 17.5. The van der Waals surface area contributed by atoms with Crippen molar-refractivity contribution in [2.45, 2.75) is 0 Å². The summed E-state index contributed by atoms with van der Waals surface area (Å²) in [5.74, 6) is -1.70. The molecule has 0 aliphatic heterocycles. The van der Waals surface area contributed by atoms with Gasteiger partial charge in [0.25, 0.3) is 0 Å². The fourth-order valence-electron chi connectivity index (χ4n) is 3.76. The van der Waals surface area contributed by atoms with Crippen LogP contribution < -0.4 is 21.2 Å². The van der Waals surface area contributed by atoms with Crippen LogP contribution in [0.4, 0.5) is 8.78 Å². The third-order valence-electron chi connectivity index (χ3n) is 5.11. The quantitative estimate of drug-likeness (QED) is 0.360. The van der Waals surface area contributed by atoms with Crippen LogP contribution in [-0.2, 0) is 0 Å². The molecule has 0 aromatic heterocycles. The molecule has 0 radical (unpaired) electrons. The second kappa shape index (κ2) is 7.24. The molecule has 0 aliphatic carbocycles. The van der Waals surface area contributed by atoms with E-state index in [1.807, 2.05) is 91.0 Å². The molecule has 0 spiro atoms. The zero-order valence-electron chi connectivity index (χ0n) is 15.0. The van der Waals surface area contributed by atoms with Crippen molar-refractivity contribution in [3.8, 4) is 0 Å². The van der Waals surface area contributed by atoms with Crippen molar-refractivity contribution in [1.82, 2.24) is 0 Å². The van der Waals surface area contributed by atoms with Crippen LogP contribution in [0.25, 0.3) is 0 Å². The van der Waals surface area contributed by atoms with Crippen molar-refractivity contribution in [3.63, 3.8) is 0 Å². The van der Waals surface area contributed by atoms with E-state index in [1.165, 1.54) is 12.1 Å². The fraction of sp³-hybridized carbons (Fsp3) is 0. The van der Waals surface area contributed by atoms with Crippen LogP contribution in [0.15, 0.2) is 109 Å². The second-order valence-corrected chi connectivity index (χ2v) is 15.0. The summed E-state index contributed by atoms with van der Waals surface area (Å²) in [5, 5.41) is 0.323. The summed E-state index contributed by atoms with van der Waals surface area (Å²) in [6.45, 7) is 0. The van der Waals surface area contributed by atoms with Gasteiger partial charge < -0.3 is 0 Å². The summed E-state index contributed by atoms with van der Waals surface area (Å²) in [5.41, 5.74) is 0. The minimum absolute atomic E-state index is 0.716. The van der Waals surface area contributed by atoms with Crippen LogP contribution in [0.1, 0.15) is 0 Å². The molecule has 140 valence electrons. The molecule has 4 heteroatoms. The molecule has 0 nitrogen and oxygen atoms in total. The molecule has 0 aliphatic rings. The molecule has 0 amide bonds. The summed E-state index contributed by atoms with van der Waals surface area (Å²) in [4.78, 5) is 0. The predicted octanol–water partition coefficient (Wildman–Crippen LogP) is 5.43. The van der Waals surface area contributed by atoms with E-state index in [2.05, 4.69) is 15.5 Å². The maximum atomic E-state index is 14.5. The van der Waals surface area contributed by atoms with Gasteiger partial charge in [0.1, 0.15) is 0 Å². The Morgan fingerprint density at radius 3 is 1.21 bits per heavy atom. The Hall–Kier alpha value is -2.35. The van der Waals surface area contributed by atoms with Gasteiger partial charge in [0.05, 0.1) is 0 Å². The Morgan fingerprint density at radius 2 is 0.857 bits per heavy atom. The standard InChI is InChI=1S/C24H18BrF2P/c25-28(19-10-4-1-5-11-19,20-12-6-2-7-13-20,21-14-8-3-9-15-21)22-16-17-23(26)24(27)18-22/h1-18H. The SMILES string of the molecule is Fc1ccc(P(Br)(c2ccccc2)(c2ccccc2)c2ccccc2)cc1F. The van der Waals surface area contributed by atoms with Gasteiger partial charge in [0.15, 0.2) is 0 Å². The fourth-order valence-corrected chi connectivity index (χ4v) is 11.2. The number of benzene rings is 4. The summed E-state index contributed by atoms with van der Waals surface area (Å²) >= 11 is 4.23. The summed E-state index contributed by atoms with van der Waals surface area (Å²) in [6, 6.07) is 34.3. The van der Waals surface area contributed by atoms with Crippen molar-refractivity contribution >= 4 is 42.0 Å². The molecule has 0 N–H and O–H groups in total. The summed E-state index contributed by atoms with van der Waals surface area (Å²) in [6.07, 6.45) is 0. The molecule has 0 fully saturated rings. The summed E-state index contributed by atoms with van der Waals surface area (Å²) in [7, 11) is 0. The summed E-state index contributed by atoms with van der Waals surface area (Å²) < 4.78 is 28.3. The molecular formula is C24H18BrF2P. The number of hydrogen-bond donors (Lipinski definition) is 0. The van der Waals surface area contributed by atoms with E-state index in [0.29, 0.717) is 5.30 Å². The van der Waals surface area contributed by atoms with Crippen molar-refractivity contribution < 1.29 is 8.78 Å². The van der Waals surface area contributed by atoms with E-state index in [9.17, 15) is 8.78 Å². The van der Waals surface area contributed by atoms with Crippen molar-refractivity contribution in [1.29, 1.82) is 0 Å². The molecule has 0 atom stereocenters. The van der Waals surface area contributed by atoms with Crippen molar-refractivity contribution in [3.05, 3.63) is 121 Å². The van der Waals surface area contributed by atoms with E-state index < -0.39 is 16.9 Å². The van der Waals surface area contributed by atoms with Crippen LogP contribution in [0.2, 0.25) is 0 Å². The average molecular weight is 455 g/mol. The molecular weight excluding hydrogens is 437 g/mol. The van der Waals surface area contributed by atoms with Crippen LogP contribution >= 0.6 is 20.8 Å². The molecule has 0 bridgehead atoms. The maximum absolute atomic E-state index is 14.5. The Kier molecular flexibility index (Phi) is 4.91. The van der Waals surface area contributed by atoms with Gasteiger partial charge in [-0.15, -0.1) is 0 Å². The first-order valence-corrected chi connectivity index (χ1v) is 13.2. The monoisotopic (exact) mass is 454 g/mol. The first kappa shape index (κ1) is 19.0. The topological polar surface area (TPSA) is 0 Å². The van der Waals surface area contributed by atoms with E-state index >= 15 is 0 Å². The Bertz CT molecular complexity index is 1000. The van der Waals surface area contributed by atoms with Gasteiger partial charge in [-0.25, -0.2) is 0 Å². The van der Waals surface area contributed by atoms with Gasteiger partial charge in [-0.1, -0.05) is 0 Å². The third kappa shape index (κ3) is 2.73. The Balaban J connectivity index is 2.24. The average Bonchev–Trinajstić information content (AvgIpc) is 2.77. The van der Waals surface area contributed by atoms with E-state index in [0.717, 1.165) is 15.9 Å². The van der Waals surface area contributed by atoms with Crippen LogP contribution in [-0.4, -0.2) is 0 Å². The van der Waals surface area contributed by atoms with Gasteiger partial charge in [-0.05, 0) is 0 Å². The Labute approximate surface area is 171 Å². The predicted molar refractivity (Wildman–Crippen MR) is 120 cm³/mol. The van der Waals surface area contributed by atoms with Crippen molar-refractivity contribution in [2.24, 2.45) is 0 Å². The normalized spacial score (nSPS) is 12.9. The zero-order chi connectivity index (χ0) is 19.6. The number of rotatable bonds is 4. The van der Waals surface area contributed by atoms with E-state index in [-0.39, 0.29) is 0 Å². The van der Waals surface area contributed by atoms with Gasteiger partial charge in [0.2, 0.25) is 0 Å². The molecule has 0 heterocycles. The third-order valence-corrected chi connectivity index (χ3v) is 15.1. The molecule has 0 saturated carbocycles. The molecule has 4 rings (SSSR count). The van der Waals surface area contributed by atoms with Crippen molar-refractivity contribution in [2.75, 3.05) is 0 Å². The number of halogens is 3. The van der Waals surface area contributed by atoms with E-state index in [1.54, 1.807) is 6.07 Å². The molecule has 0 saturated heterocycles. The minimum atomic E-state index is -3.47. The number of hydrogen-bond acceptors (Lipinski definition) is 0. The van der Waals surface area contributed by atoms with Crippen LogP contribution in [0.3, 0.4) is 0 Å².